The van der Waals surface area contributed by atoms with Gasteiger partial charge in [0.25, 0.3) is 5.91 Å². The minimum atomic E-state index is -1.12. The van der Waals surface area contributed by atoms with Crippen LogP contribution >= 0.6 is 11.6 Å². The van der Waals surface area contributed by atoms with Crippen LogP contribution in [-0.2, 0) is 6.42 Å². The number of rotatable bonds is 5. The first-order valence-electron chi connectivity index (χ1n) is 6.28. The Morgan fingerprint density at radius 3 is 2.43 bits per heavy atom. The molecule has 2 aromatic rings. The number of benzene rings is 1. The fourth-order valence-corrected chi connectivity index (χ4v) is 1.85. The van der Waals surface area contributed by atoms with Crippen LogP contribution in [0.25, 0.3) is 0 Å². The Kier molecular flexibility index (Phi) is 4.90. The van der Waals surface area contributed by atoms with E-state index in [1.54, 1.807) is 12.1 Å². The monoisotopic (exact) mass is 304 g/mol. The first-order valence-corrected chi connectivity index (χ1v) is 6.66. The highest BCUT2D eigenvalue weighted by atomic mass is 35.5. The summed E-state index contributed by atoms with van der Waals surface area (Å²) in [5, 5.41) is 12.2. The molecule has 0 aliphatic rings. The molecule has 2 rings (SSSR count). The van der Waals surface area contributed by atoms with E-state index >= 15 is 0 Å². The zero-order chi connectivity index (χ0) is 15.2. The summed E-state index contributed by atoms with van der Waals surface area (Å²) in [5.74, 6) is -1.40. The van der Waals surface area contributed by atoms with Crippen LogP contribution in [0, 0.1) is 0 Å². The Morgan fingerprint density at radius 2 is 1.86 bits per heavy atom. The van der Waals surface area contributed by atoms with E-state index in [2.05, 4.69) is 10.3 Å². The highest BCUT2D eigenvalue weighted by molar-refractivity contribution is 6.30. The number of amides is 1. The second kappa shape index (κ2) is 6.85. The minimum absolute atomic E-state index is 0.0901. The molecule has 1 aromatic heterocycles. The SMILES string of the molecule is O=C(NCCc1ccc(Cl)cc1)c1ccc(C(=O)O)nc1. The van der Waals surface area contributed by atoms with Crippen LogP contribution in [0.1, 0.15) is 26.4 Å². The van der Waals surface area contributed by atoms with Crippen molar-refractivity contribution in [1.29, 1.82) is 0 Å². The zero-order valence-corrected chi connectivity index (χ0v) is 11.8. The molecule has 1 aromatic carbocycles. The van der Waals surface area contributed by atoms with Gasteiger partial charge in [0.2, 0.25) is 0 Å². The Balaban J connectivity index is 1.86. The summed E-state index contributed by atoms with van der Waals surface area (Å²) < 4.78 is 0. The van der Waals surface area contributed by atoms with E-state index in [0.29, 0.717) is 23.6 Å². The molecule has 0 atom stereocenters. The number of halogens is 1. The molecule has 0 bridgehead atoms. The maximum Gasteiger partial charge on any atom is 0.354 e. The molecule has 1 amide bonds. The van der Waals surface area contributed by atoms with Crippen molar-refractivity contribution in [3.05, 3.63) is 64.4 Å². The first-order chi connectivity index (χ1) is 10.1. The average Bonchev–Trinajstić information content (AvgIpc) is 2.49. The molecule has 2 N–H and O–H groups in total. The van der Waals surface area contributed by atoms with Crippen LogP contribution in [0.3, 0.4) is 0 Å². The standard InChI is InChI=1S/C15H13ClN2O3/c16-12-4-1-10(2-5-12)7-8-17-14(19)11-3-6-13(15(20)21)18-9-11/h1-6,9H,7-8H2,(H,17,19)(H,20,21). The van der Waals surface area contributed by atoms with Crippen LogP contribution in [0.2, 0.25) is 5.02 Å². The lowest BCUT2D eigenvalue weighted by Gasteiger charge is -2.05. The summed E-state index contributed by atoms with van der Waals surface area (Å²) >= 11 is 5.79. The number of aromatic nitrogens is 1. The molecule has 0 saturated heterocycles. The molecule has 0 aliphatic heterocycles. The fourth-order valence-electron chi connectivity index (χ4n) is 1.73. The van der Waals surface area contributed by atoms with E-state index in [0.717, 1.165) is 5.56 Å². The quantitative estimate of drug-likeness (QED) is 0.889. The average molecular weight is 305 g/mol. The van der Waals surface area contributed by atoms with Crippen molar-refractivity contribution in [3.63, 3.8) is 0 Å². The predicted octanol–water partition coefficient (Wildman–Crippen LogP) is 2.41. The Morgan fingerprint density at radius 1 is 1.14 bits per heavy atom. The molecule has 0 spiro atoms. The summed E-state index contributed by atoms with van der Waals surface area (Å²) in [4.78, 5) is 26.2. The van der Waals surface area contributed by atoms with Gasteiger partial charge >= 0.3 is 5.97 Å². The van der Waals surface area contributed by atoms with Crippen molar-refractivity contribution in [2.24, 2.45) is 0 Å². The summed E-state index contributed by atoms with van der Waals surface area (Å²) in [6.45, 7) is 0.473. The van der Waals surface area contributed by atoms with Crippen LogP contribution < -0.4 is 5.32 Å². The van der Waals surface area contributed by atoms with Gasteiger partial charge in [-0.05, 0) is 36.2 Å². The van der Waals surface area contributed by atoms with Crippen molar-refractivity contribution in [1.82, 2.24) is 10.3 Å². The number of pyridine rings is 1. The molecule has 0 unspecified atom stereocenters. The van der Waals surface area contributed by atoms with Crippen molar-refractivity contribution < 1.29 is 14.7 Å². The summed E-state index contributed by atoms with van der Waals surface area (Å²) in [5.41, 5.74) is 1.31. The fraction of sp³-hybridized carbons (Fsp3) is 0.133. The maximum atomic E-state index is 11.9. The number of nitrogens with zero attached hydrogens (tertiary/aromatic N) is 1. The van der Waals surface area contributed by atoms with Gasteiger partial charge in [0.05, 0.1) is 5.56 Å². The number of aromatic carboxylic acids is 1. The van der Waals surface area contributed by atoms with Crippen LogP contribution in [-0.4, -0.2) is 28.5 Å². The van der Waals surface area contributed by atoms with Crippen molar-refractivity contribution in [2.75, 3.05) is 6.54 Å². The molecule has 6 heteroatoms. The van der Waals surface area contributed by atoms with Crippen LogP contribution in [0.5, 0.6) is 0 Å². The zero-order valence-electron chi connectivity index (χ0n) is 11.0. The number of carbonyl (C=O) groups is 2. The van der Waals surface area contributed by atoms with Crippen molar-refractivity contribution in [3.8, 4) is 0 Å². The minimum Gasteiger partial charge on any atom is -0.477 e. The van der Waals surface area contributed by atoms with Gasteiger partial charge < -0.3 is 10.4 Å². The number of carbonyl (C=O) groups excluding carboxylic acids is 1. The molecule has 5 nitrogen and oxygen atoms in total. The van der Waals surface area contributed by atoms with E-state index in [9.17, 15) is 9.59 Å². The van der Waals surface area contributed by atoms with Gasteiger partial charge in [-0.15, -0.1) is 0 Å². The number of carboxylic acids is 1. The summed E-state index contributed by atoms with van der Waals surface area (Å²) in [7, 11) is 0. The molecule has 0 fully saturated rings. The van der Waals surface area contributed by atoms with Gasteiger partial charge in [-0.1, -0.05) is 23.7 Å². The molecular weight excluding hydrogens is 292 g/mol. The topological polar surface area (TPSA) is 79.3 Å². The van der Waals surface area contributed by atoms with Gasteiger partial charge in [0.15, 0.2) is 0 Å². The van der Waals surface area contributed by atoms with Gasteiger partial charge in [-0.2, -0.15) is 0 Å². The number of carboxylic acid groups (broad SMARTS) is 1. The highest BCUT2D eigenvalue weighted by Crippen LogP contribution is 2.09. The predicted molar refractivity (Wildman–Crippen MR) is 78.7 cm³/mol. The second-order valence-electron chi connectivity index (χ2n) is 4.37. The lowest BCUT2D eigenvalue weighted by atomic mass is 10.1. The largest absolute Gasteiger partial charge is 0.477 e. The lowest BCUT2D eigenvalue weighted by Crippen LogP contribution is -2.25. The maximum absolute atomic E-state index is 11.9. The summed E-state index contributed by atoms with van der Waals surface area (Å²) in [6.07, 6.45) is 1.94. The third kappa shape index (κ3) is 4.29. The van der Waals surface area contributed by atoms with Gasteiger partial charge in [-0.25, -0.2) is 9.78 Å². The van der Waals surface area contributed by atoms with E-state index < -0.39 is 5.97 Å². The number of hydrogen-bond donors (Lipinski definition) is 2. The van der Waals surface area contributed by atoms with E-state index in [4.69, 9.17) is 16.7 Å². The van der Waals surface area contributed by atoms with Crippen LogP contribution in [0.4, 0.5) is 0 Å². The normalized spacial score (nSPS) is 10.1. The molecule has 1 heterocycles. The van der Waals surface area contributed by atoms with Crippen molar-refractivity contribution in [2.45, 2.75) is 6.42 Å². The Labute approximate surface area is 126 Å². The molecular formula is C15H13ClN2O3. The van der Waals surface area contributed by atoms with Gasteiger partial charge in [0.1, 0.15) is 5.69 Å². The first kappa shape index (κ1) is 15.0. The highest BCUT2D eigenvalue weighted by Gasteiger charge is 2.08. The van der Waals surface area contributed by atoms with E-state index in [1.165, 1.54) is 18.3 Å². The van der Waals surface area contributed by atoms with E-state index in [-0.39, 0.29) is 11.6 Å². The molecule has 0 radical (unpaired) electrons. The van der Waals surface area contributed by atoms with Gasteiger partial charge in [0, 0.05) is 17.8 Å². The number of hydrogen-bond acceptors (Lipinski definition) is 3. The Hall–Kier alpha value is -2.40. The third-order valence-corrected chi connectivity index (χ3v) is 3.11. The smallest absolute Gasteiger partial charge is 0.354 e. The van der Waals surface area contributed by atoms with Gasteiger partial charge in [-0.3, -0.25) is 4.79 Å². The Bertz CT molecular complexity index is 639. The molecule has 108 valence electrons. The van der Waals surface area contributed by atoms with Crippen LogP contribution in [0.15, 0.2) is 42.6 Å². The second-order valence-corrected chi connectivity index (χ2v) is 4.81. The molecule has 21 heavy (non-hydrogen) atoms. The lowest BCUT2D eigenvalue weighted by molar-refractivity contribution is 0.0689. The summed E-state index contributed by atoms with van der Waals surface area (Å²) in [6, 6.07) is 10.1. The van der Waals surface area contributed by atoms with E-state index in [1.807, 2.05) is 12.1 Å². The third-order valence-electron chi connectivity index (χ3n) is 2.86. The molecule has 0 saturated carbocycles. The molecule has 0 aliphatic carbocycles. The van der Waals surface area contributed by atoms with Crippen molar-refractivity contribution >= 4 is 23.5 Å². The number of nitrogens with one attached hydrogen (secondary N) is 1.